The zero-order valence-electron chi connectivity index (χ0n) is 13.3. The second-order valence-corrected chi connectivity index (χ2v) is 6.47. The summed E-state index contributed by atoms with van der Waals surface area (Å²) in [6, 6.07) is 4.44. The number of ether oxygens (including phenoxy) is 1. The molecule has 1 aromatic heterocycles. The van der Waals surface area contributed by atoms with Crippen molar-refractivity contribution < 1.29 is 22.7 Å². The van der Waals surface area contributed by atoms with Crippen molar-refractivity contribution in [2.75, 3.05) is 18.5 Å². The van der Waals surface area contributed by atoms with E-state index < -0.39 is 17.8 Å². The number of hydrogen-bond acceptors (Lipinski definition) is 5. The van der Waals surface area contributed by atoms with Crippen molar-refractivity contribution in [1.29, 1.82) is 0 Å². The maximum atomic E-state index is 12.8. The number of rotatable bonds is 3. The lowest BCUT2D eigenvalue weighted by Crippen LogP contribution is -2.53. The first kappa shape index (κ1) is 17.8. The highest BCUT2D eigenvalue weighted by atomic mass is 32.1. The van der Waals surface area contributed by atoms with Crippen molar-refractivity contribution in [3.63, 3.8) is 0 Å². The standard InChI is InChI=1S/C16H16F3N3O2S/c1-9-13(20-5-6-24-9)14(23)22-15-21-12(8-25-15)10-3-2-4-11(7-10)16(17,18)19/h2-4,7-9,13,20H,5-6H2,1H3,(H,21,22,23)/t9-,13+/m1/s1. The number of morpholine rings is 1. The molecule has 0 aliphatic carbocycles. The fraction of sp³-hybridized carbons (Fsp3) is 0.375. The van der Waals surface area contributed by atoms with E-state index in [-0.39, 0.29) is 12.0 Å². The largest absolute Gasteiger partial charge is 0.416 e. The molecule has 2 aromatic rings. The van der Waals surface area contributed by atoms with E-state index in [4.69, 9.17) is 4.74 Å². The number of nitrogens with one attached hydrogen (secondary N) is 2. The van der Waals surface area contributed by atoms with Crippen LogP contribution in [0, 0.1) is 0 Å². The SMILES string of the molecule is C[C@H]1OCCN[C@@H]1C(=O)Nc1nc(-c2cccc(C(F)(F)F)c2)cs1. The van der Waals surface area contributed by atoms with Gasteiger partial charge in [-0.2, -0.15) is 13.2 Å². The highest BCUT2D eigenvalue weighted by molar-refractivity contribution is 7.14. The van der Waals surface area contributed by atoms with E-state index in [1.165, 1.54) is 6.07 Å². The molecule has 1 saturated heterocycles. The first-order chi connectivity index (χ1) is 11.8. The lowest BCUT2D eigenvalue weighted by Gasteiger charge is -2.28. The number of carbonyl (C=O) groups is 1. The lowest BCUT2D eigenvalue weighted by atomic mass is 10.1. The Morgan fingerprint density at radius 1 is 1.44 bits per heavy atom. The summed E-state index contributed by atoms with van der Waals surface area (Å²) in [5, 5.41) is 7.69. The minimum absolute atomic E-state index is 0.267. The summed E-state index contributed by atoms with van der Waals surface area (Å²) >= 11 is 1.16. The number of benzene rings is 1. The number of amides is 1. The van der Waals surface area contributed by atoms with Gasteiger partial charge < -0.3 is 15.4 Å². The van der Waals surface area contributed by atoms with Crippen LogP contribution in [0.3, 0.4) is 0 Å². The smallest absolute Gasteiger partial charge is 0.375 e. The van der Waals surface area contributed by atoms with Crippen molar-refractivity contribution in [3.05, 3.63) is 35.2 Å². The summed E-state index contributed by atoms with van der Waals surface area (Å²) in [7, 11) is 0. The van der Waals surface area contributed by atoms with Crippen LogP contribution in [-0.4, -0.2) is 36.2 Å². The van der Waals surface area contributed by atoms with Gasteiger partial charge >= 0.3 is 6.18 Å². The zero-order chi connectivity index (χ0) is 18.0. The van der Waals surface area contributed by atoms with Gasteiger partial charge in [-0.1, -0.05) is 12.1 Å². The van der Waals surface area contributed by atoms with Gasteiger partial charge in [0.05, 0.1) is 24.0 Å². The van der Waals surface area contributed by atoms with Crippen molar-refractivity contribution >= 4 is 22.4 Å². The Labute approximate surface area is 146 Å². The minimum Gasteiger partial charge on any atom is -0.375 e. The number of halogens is 3. The van der Waals surface area contributed by atoms with E-state index in [0.29, 0.717) is 29.5 Å². The molecular weight excluding hydrogens is 355 g/mol. The Morgan fingerprint density at radius 2 is 2.24 bits per heavy atom. The number of aromatic nitrogens is 1. The van der Waals surface area contributed by atoms with Crippen molar-refractivity contribution in [1.82, 2.24) is 10.3 Å². The van der Waals surface area contributed by atoms with Gasteiger partial charge in [-0.3, -0.25) is 4.79 Å². The van der Waals surface area contributed by atoms with E-state index in [9.17, 15) is 18.0 Å². The number of thiazole rings is 1. The molecule has 0 saturated carbocycles. The Morgan fingerprint density at radius 3 is 2.96 bits per heavy atom. The molecule has 1 fully saturated rings. The molecule has 3 rings (SSSR count). The van der Waals surface area contributed by atoms with E-state index in [1.807, 2.05) is 0 Å². The third-order valence-electron chi connectivity index (χ3n) is 3.82. The summed E-state index contributed by atoms with van der Waals surface area (Å²) < 4.78 is 43.9. The fourth-order valence-corrected chi connectivity index (χ4v) is 3.25. The van der Waals surface area contributed by atoms with Gasteiger partial charge in [0, 0.05) is 17.5 Å². The van der Waals surface area contributed by atoms with E-state index in [1.54, 1.807) is 18.4 Å². The van der Waals surface area contributed by atoms with Gasteiger partial charge in [-0.25, -0.2) is 4.98 Å². The predicted octanol–water partition coefficient (Wildman–Crippen LogP) is 3.14. The van der Waals surface area contributed by atoms with Crippen LogP contribution in [0.2, 0.25) is 0 Å². The summed E-state index contributed by atoms with van der Waals surface area (Å²) in [6.07, 6.45) is -4.68. The third-order valence-corrected chi connectivity index (χ3v) is 4.58. The van der Waals surface area contributed by atoms with Gasteiger partial charge in [0.15, 0.2) is 5.13 Å². The van der Waals surface area contributed by atoms with Gasteiger partial charge in [0.2, 0.25) is 5.91 Å². The topological polar surface area (TPSA) is 63.2 Å². The molecule has 1 aromatic carbocycles. The molecule has 0 bridgehead atoms. The maximum absolute atomic E-state index is 12.8. The van der Waals surface area contributed by atoms with Crippen LogP contribution in [0.1, 0.15) is 12.5 Å². The van der Waals surface area contributed by atoms with Crippen molar-refractivity contribution in [2.24, 2.45) is 0 Å². The monoisotopic (exact) mass is 371 g/mol. The van der Waals surface area contributed by atoms with E-state index >= 15 is 0 Å². The van der Waals surface area contributed by atoms with Gasteiger partial charge in [0.25, 0.3) is 0 Å². The van der Waals surface area contributed by atoms with Crippen LogP contribution < -0.4 is 10.6 Å². The highest BCUT2D eigenvalue weighted by Crippen LogP contribution is 2.33. The molecule has 9 heteroatoms. The fourth-order valence-electron chi connectivity index (χ4n) is 2.53. The summed E-state index contributed by atoms with van der Waals surface area (Å²) in [6.45, 7) is 2.92. The molecule has 1 aliphatic rings. The number of alkyl halides is 3. The number of carbonyl (C=O) groups excluding carboxylic acids is 1. The van der Waals surface area contributed by atoms with Gasteiger partial charge in [-0.05, 0) is 19.1 Å². The molecule has 2 heterocycles. The van der Waals surface area contributed by atoms with Crippen LogP contribution in [0.25, 0.3) is 11.3 Å². The summed E-state index contributed by atoms with van der Waals surface area (Å²) in [5.74, 6) is -0.280. The van der Waals surface area contributed by atoms with Crippen LogP contribution in [0.4, 0.5) is 18.3 Å². The summed E-state index contributed by atoms with van der Waals surface area (Å²) in [4.78, 5) is 16.5. The third kappa shape index (κ3) is 4.17. The molecule has 1 amide bonds. The maximum Gasteiger partial charge on any atom is 0.416 e. The second-order valence-electron chi connectivity index (χ2n) is 5.61. The molecule has 2 atom stereocenters. The van der Waals surface area contributed by atoms with Gasteiger partial charge in [0.1, 0.15) is 6.04 Å². The first-order valence-corrected chi connectivity index (χ1v) is 8.51. The molecule has 5 nitrogen and oxygen atoms in total. The van der Waals surface area contributed by atoms with Crippen molar-refractivity contribution in [2.45, 2.75) is 25.2 Å². The Bertz CT molecular complexity index is 763. The molecule has 0 radical (unpaired) electrons. The minimum atomic E-state index is -4.41. The molecular formula is C16H16F3N3O2S. The van der Waals surface area contributed by atoms with Crippen LogP contribution in [0.5, 0.6) is 0 Å². The highest BCUT2D eigenvalue weighted by Gasteiger charge is 2.31. The average molecular weight is 371 g/mol. The molecule has 1 aliphatic heterocycles. The van der Waals surface area contributed by atoms with Crippen LogP contribution in [0.15, 0.2) is 29.6 Å². The molecule has 134 valence electrons. The number of anilines is 1. The molecule has 25 heavy (non-hydrogen) atoms. The Balaban J connectivity index is 1.73. The zero-order valence-corrected chi connectivity index (χ0v) is 14.1. The molecule has 2 N–H and O–H groups in total. The quantitative estimate of drug-likeness (QED) is 0.870. The molecule has 0 spiro atoms. The second kappa shape index (κ2) is 7.11. The number of nitrogens with zero attached hydrogens (tertiary/aromatic N) is 1. The average Bonchev–Trinajstić information content (AvgIpc) is 3.03. The van der Waals surface area contributed by atoms with E-state index in [0.717, 1.165) is 23.5 Å². The molecule has 0 unspecified atom stereocenters. The normalized spacial score (nSPS) is 21.1. The van der Waals surface area contributed by atoms with Crippen molar-refractivity contribution in [3.8, 4) is 11.3 Å². The Kier molecular flexibility index (Phi) is 5.07. The van der Waals surface area contributed by atoms with Crippen LogP contribution in [-0.2, 0) is 15.7 Å². The van der Waals surface area contributed by atoms with E-state index in [2.05, 4.69) is 15.6 Å². The van der Waals surface area contributed by atoms with Gasteiger partial charge in [-0.15, -0.1) is 11.3 Å². The van der Waals surface area contributed by atoms with Crippen LogP contribution >= 0.6 is 11.3 Å². The summed E-state index contributed by atoms with van der Waals surface area (Å²) in [5.41, 5.74) is -0.00710. The first-order valence-electron chi connectivity index (χ1n) is 7.63. The number of hydrogen-bond donors (Lipinski definition) is 2. The predicted molar refractivity (Wildman–Crippen MR) is 88.4 cm³/mol. The lowest BCUT2D eigenvalue weighted by molar-refractivity contribution is -0.137. The Hall–Kier alpha value is -1.97.